The van der Waals surface area contributed by atoms with Crippen LogP contribution in [0.4, 0.5) is 5.69 Å². The Kier molecular flexibility index (Phi) is 6.73. The zero-order chi connectivity index (χ0) is 24.3. The minimum Gasteiger partial charge on any atom is -0.457 e. The van der Waals surface area contributed by atoms with Crippen LogP contribution in [0.2, 0.25) is 0 Å². The summed E-state index contributed by atoms with van der Waals surface area (Å²) in [6.07, 6.45) is 0.231. The van der Waals surface area contributed by atoms with Crippen molar-refractivity contribution in [2.45, 2.75) is 45.6 Å². The van der Waals surface area contributed by atoms with E-state index < -0.39 is 0 Å². The van der Waals surface area contributed by atoms with Gasteiger partial charge in [-0.2, -0.15) is 0 Å². The van der Waals surface area contributed by atoms with Crippen LogP contribution in [0.1, 0.15) is 51.3 Å². The minimum atomic E-state index is -0.365. The van der Waals surface area contributed by atoms with Crippen molar-refractivity contribution >= 4 is 17.5 Å². The highest BCUT2D eigenvalue weighted by molar-refractivity contribution is 5.97. The fourth-order valence-corrected chi connectivity index (χ4v) is 4.20. The molecule has 2 atom stereocenters. The molecule has 5 heteroatoms. The molecule has 176 valence electrons. The number of nitrogens with one attached hydrogen (secondary N) is 1. The largest absolute Gasteiger partial charge is 0.457 e. The number of rotatable bonds is 6. The van der Waals surface area contributed by atoms with Crippen LogP contribution in [0.25, 0.3) is 0 Å². The highest BCUT2D eigenvalue weighted by atomic mass is 16.5. The summed E-state index contributed by atoms with van der Waals surface area (Å²) in [5.74, 6) is 0.971. The molecule has 0 saturated carbocycles. The first kappa shape index (κ1) is 23.6. The smallest absolute Gasteiger partial charge is 0.229 e. The van der Waals surface area contributed by atoms with Crippen LogP contribution < -0.4 is 10.1 Å². The third-order valence-corrected chi connectivity index (χ3v) is 6.36. The summed E-state index contributed by atoms with van der Waals surface area (Å²) in [7, 11) is 0. The number of nitrogens with zero attached hydrogens (tertiary/aromatic N) is 1. The highest BCUT2D eigenvalue weighted by Crippen LogP contribution is 2.30. The average molecular weight is 457 g/mol. The van der Waals surface area contributed by atoms with Gasteiger partial charge >= 0.3 is 0 Å². The quantitative estimate of drug-likeness (QED) is 0.472. The molecule has 3 aromatic rings. The Morgan fingerprint density at radius 1 is 0.941 bits per heavy atom. The zero-order valence-corrected chi connectivity index (χ0v) is 20.2. The number of carbonyl (C=O) groups is 2. The lowest BCUT2D eigenvalue weighted by molar-refractivity contribution is -0.129. The van der Waals surface area contributed by atoms with Crippen molar-refractivity contribution in [1.29, 1.82) is 0 Å². The third kappa shape index (κ3) is 5.48. The van der Waals surface area contributed by atoms with Crippen molar-refractivity contribution < 1.29 is 14.3 Å². The summed E-state index contributed by atoms with van der Waals surface area (Å²) in [6.45, 7) is 8.96. The number of anilines is 1. The van der Waals surface area contributed by atoms with E-state index in [1.54, 1.807) is 4.90 Å². The number of benzene rings is 3. The van der Waals surface area contributed by atoms with Gasteiger partial charge in [0.1, 0.15) is 11.5 Å². The van der Waals surface area contributed by atoms with E-state index in [4.69, 9.17) is 4.74 Å². The molecule has 0 bridgehead atoms. The second kappa shape index (κ2) is 9.72. The predicted molar refractivity (Wildman–Crippen MR) is 135 cm³/mol. The Morgan fingerprint density at radius 2 is 1.53 bits per heavy atom. The van der Waals surface area contributed by atoms with E-state index in [1.807, 2.05) is 73.7 Å². The summed E-state index contributed by atoms with van der Waals surface area (Å²) in [6, 6.07) is 25.2. The molecule has 1 N–H and O–H groups in total. The van der Waals surface area contributed by atoms with Gasteiger partial charge in [0, 0.05) is 18.7 Å². The topological polar surface area (TPSA) is 58.6 Å². The summed E-state index contributed by atoms with van der Waals surface area (Å²) in [5, 5.41) is 2.95. The normalized spacial score (nSPS) is 16.9. The van der Waals surface area contributed by atoms with Gasteiger partial charge in [-0.3, -0.25) is 9.59 Å². The molecule has 5 nitrogen and oxygen atoms in total. The Morgan fingerprint density at radius 3 is 2.12 bits per heavy atom. The number of amides is 2. The van der Waals surface area contributed by atoms with Gasteiger partial charge in [-0.15, -0.1) is 0 Å². The summed E-state index contributed by atoms with van der Waals surface area (Å²) >= 11 is 0. The first-order valence-electron chi connectivity index (χ1n) is 11.7. The van der Waals surface area contributed by atoms with Gasteiger partial charge < -0.3 is 15.0 Å². The van der Waals surface area contributed by atoms with Crippen LogP contribution in [0.3, 0.4) is 0 Å². The summed E-state index contributed by atoms with van der Waals surface area (Å²) in [4.78, 5) is 27.2. The van der Waals surface area contributed by atoms with Gasteiger partial charge in [0.25, 0.3) is 0 Å². The predicted octanol–water partition coefficient (Wildman–Crippen LogP) is 6.32. The third-order valence-electron chi connectivity index (χ3n) is 6.36. The van der Waals surface area contributed by atoms with Gasteiger partial charge in [-0.1, -0.05) is 63.2 Å². The molecule has 0 aromatic heterocycles. The molecule has 4 rings (SSSR count). The molecular formula is C29H32N2O3. The first-order chi connectivity index (χ1) is 16.2. The van der Waals surface area contributed by atoms with Gasteiger partial charge in [-0.25, -0.2) is 0 Å². The maximum absolute atomic E-state index is 12.8. The fourth-order valence-electron chi connectivity index (χ4n) is 4.20. The highest BCUT2D eigenvalue weighted by Gasteiger charge is 2.37. The van der Waals surface area contributed by atoms with Gasteiger partial charge in [0.15, 0.2) is 0 Å². The Bertz CT molecular complexity index is 1130. The molecule has 1 heterocycles. The molecule has 1 aliphatic rings. The number of ether oxygens (including phenoxy) is 1. The van der Waals surface area contributed by atoms with Gasteiger partial charge in [0.05, 0.1) is 12.0 Å². The average Bonchev–Trinajstić information content (AvgIpc) is 3.22. The molecule has 0 aliphatic carbocycles. The van der Waals surface area contributed by atoms with Gasteiger partial charge in [-0.05, 0) is 59.9 Å². The Labute approximate surface area is 201 Å². The van der Waals surface area contributed by atoms with Crippen LogP contribution in [-0.4, -0.2) is 23.3 Å². The fraction of sp³-hybridized carbons (Fsp3) is 0.310. The minimum absolute atomic E-state index is 0.0118. The van der Waals surface area contributed by atoms with E-state index in [1.165, 1.54) is 5.56 Å². The molecule has 2 amide bonds. The van der Waals surface area contributed by atoms with Crippen molar-refractivity contribution in [3.8, 4) is 11.5 Å². The van der Waals surface area contributed by atoms with Crippen molar-refractivity contribution in [1.82, 2.24) is 4.90 Å². The van der Waals surface area contributed by atoms with E-state index in [0.29, 0.717) is 18.0 Å². The van der Waals surface area contributed by atoms with Gasteiger partial charge in [0.2, 0.25) is 11.8 Å². The lowest BCUT2D eigenvalue weighted by Gasteiger charge is -2.25. The monoisotopic (exact) mass is 456 g/mol. The molecular weight excluding hydrogens is 424 g/mol. The van der Waals surface area contributed by atoms with Crippen molar-refractivity contribution in [2.24, 2.45) is 5.92 Å². The number of hydrogen-bond donors (Lipinski definition) is 1. The van der Waals surface area contributed by atoms with Crippen LogP contribution in [0.5, 0.6) is 11.5 Å². The van der Waals surface area contributed by atoms with Crippen molar-refractivity contribution in [3.63, 3.8) is 0 Å². The number of carbonyl (C=O) groups excluding carboxylic acids is 2. The second-order valence-electron chi connectivity index (χ2n) is 9.92. The van der Waals surface area contributed by atoms with E-state index in [2.05, 4.69) is 38.2 Å². The molecule has 3 aromatic carbocycles. The SMILES string of the molecule is C[C@H](c1ccccc1)N1C[C@H](C(=O)Nc2ccc(Oc3ccc(C(C)(C)C)cc3)cc2)CC1=O. The molecule has 1 aliphatic heterocycles. The van der Waals surface area contributed by atoms with Crippen molar-refractivity contribution in [3.05, 3.63) is 90.0 Å². The van der Waals surface area contributed by atoms with Crippen molar-refractivity contribution in [2.75, 3.05) is 11.9 Å². The number of hydrogen-bond acceptors (Lipinski definition) is 3. The molecule has 34 heavy (non-hydrogen) atoms. The maximum atomic E-state index is 12.8. The Hall–Kier alpha value is -3.60. The maximum Gasteiger partial charge on any atom is 0.229 e. The van der Waals surface area contributed by atoms with E-state index in [0.717, 1.165) is 11.3 Å². The number of likely N-dealkylation sites (tertiary alicyclic amines) is 1. The summed E-state index contributed by atoms with van der Waals surface area (Å²) in [5.41, 5.74) is 3.10. The van der Waals surface area contributed by atoms with E-state index >= 15 is 0 Å². The molecule has 0 radical (unpaired) electrons. The first-order valence-corrected chi connectivity index (χ1v) is 11.7. The Balaban J connectivity index is 1.33. The lowest BCUT2D eigenvalue weighted by atomic mass is 9.87. The van der Waals surface area contributed by atoms with Crippen LogP contribution in [0.15, 0.2) is 78.9 Å². The lowest BCUT2D eigenvalue weighted by Crippen LogP contribution is -2.30. The molecule has 0 spiro atoms. The summed E-state index contributed by atoms with van der Waals surface area (Å²) < 4.78 is 5.94. The van der Waals surface area contributed by atoms with Crippen LogP contribution >= 0.6 is 0 Å². The zero-order valence-electron chi connectivity index (χ0n) is 20.2. The van der Waals surface area contributed by atoms with E-state index in [-0.39, 0.29) is 35.6 Å². The molecule has 1 saturated heterocycles. The second-order valence-corrected chi connectivity index (χ2v) is 9.92. The van der Waals surface area contributed by atoms with Crippen LogP contribution in [0, 0.1) is 5.92 Å². The molecule has 1 fully saturated rings. The molecule has 0 unspecified atom stereocenters. The standard InChI is InChI=1S/C29H32N2O3/c1-20(21-8-6-5-7-9-21)31-19-22(18-27(31)32)28(33)30-24-12-16-26(17-13-24)34-25-14-10-23(11-15-25)29(2,3)4/h5-17,20,22H,18-19H2,1-4H3,(H,30,33)/t20-,22-/m1/s1. The van der Waals surface area contributed by atoms with Crippen LogP contribution in [-0.2, 0) is 15.0 Å². The van der Waals surface area contributed by atoms with E-state index in [9.17, 15) is 9.59 Å².